The highest BCUT2D eigenvalue weighted by Gasteiger charge is 2.21. The first kappa shape index (κ1) is 19.1. The third-order valence-electron chi connectivity index (χ3n) is 5.54. The number of aryl methyl sites for hydroxylation is 2. The second kappa shape index (κ2) is 7.66. The number of likely N-dealkylation sites (tertiary alicyclic amines) is 1. The Bertz CT molecular complexity index is 1060. The first-order valence-electron chi connectivity index (χ1n) is 9.92. The number of hydrogen-bond donors (Lipinski definition) is 1. The number of anilines is 1. The molecule has 2 amide bonds. The van der Waals surface area contributed by atoms with Crippen LogP contribution in [-0.2, 0) is 7.05 Å². The number of pyridine rings is 1. The Morgan fingerprint density at radius 1 is 1.14 bits per heavy atom. The van der Waals surface area contributed by atoms with Gasteiger partial charge >= 0.3 is 0 Å². The number of fused-ring (bicyclic) bond motifs is 1. The topological polar surface area (TPSA) is 80.1 Å². The van der Waals surface area contributed by atoms with Gasteiger partial charge in [-0.1, -0.05) is 6.92 Å². The largest absolute Gasteiger partial charge is 0.339 e. The van der Waals surface area contributed by atoms with Crippen LogP contribution in [0.1, 0.15) is 46.2 Å². The van der Waals surface area contributed by atoms with Crippen LogP contribution in [0.25, 0.3) is 11.0 Å². The second-order valence-electron chi connectivity index (χ2n) is 7.82. The van der Waals surface area contributed by atoms with Crippen LogP contribution in [0, 0.1) is 12.8 Å². The molecule has 7 nitrogen and oxygen atoms in total. The Labute approximate surface area is 169 Å². The number of nitrogens with zero attached hydrogens (tertiary/aromatic N) is 4. The highest BCUT2D eigenvalue weighted by molar-refractivity contribution is 6.12. The summed E-state index contributed by atoms with van der Waals surface area (Å²) in [6.45, 7) is 5.69. The van der Waals surface area contributed by atoms with E-state index in [1.54, 1.807) is 48.3 Å². The quantitative estimate of drug-likeness (QED) is 0.742. The summed E-state index contributed by atoms with van der Waals surface area (Å²) < 4.78 is 1.65. The lowest BCUT2D eigenvalue weighted by molar-refractivity contribution is 0.0697. The summed E-state index contributed by atoms with van der Waals surface area (Å²) in [5, 5.41) is 7.82. The van der Waals surface area contributed by atoms with E-state index in [-0.39, 0.29) is 11.8 Å². The van der Waals surface area contributed by atoms with E-state index in [0.29, 0.717) is 33.8 Å². The lowest BCUT2D eigenvalue weighted by Gasteiger charge is -2.30. The first-order valence-corrected chi connectivity index (χ1v) is 9.92. The van der Waals surface area contributed by atoms with Crippen LogP contribution in [0.5, 0.6) is 0 Å². The third kappa shape index (κ3) is 3.85. The van der Waals surface area contributed by atoms with Gasteiger partial charge < -0.3 is 10.2 Å². The summed E-state index contributed by atoms with van der Waals surface area (Å²) in [4.78, 5) is 31.9. The van der Waals surface area contributed by atoms with Crippen LogP contribution in [0.2, 0.25) is 0 Å². The lowest BCUT2D eigenvalue weighted by Crippen LogP contribution is -2.37. The summed E-state index contributed by atoms with van der Waals surface area (Å²) in [6, 6.07) is 8.84. The fourth-order valence-corrected chi connectivity index (χ4v) is 3.72. The predicted octanol–water partition coefficient (Wildman–Crippen LogP) is 3.40. The minimum Gasteiger partial charge on any atom is -0.339 e. The van der Waals surface area contributed by atoms with Gasteiger partial charge in [-0.3, -0.25) is 14.3 Å². The average Bonchev–Trinajstić information content (AvgIpc) is 3.08. The molecule has 1 saturated heterocycles. The second-order valence-corrected chi connectivity index (χ2v) is 7.82. The molecule has 1 aliphatic heterocycles. The summed E-state index contributed by atoms with van der Waals surface area (Å²) in [7, 11) is 1.80. The van der Waals surface area contributed by atoms with Crippen LogP contribution in [0.4, 0.5) is 5.69 Å². The van der Waals surface area contributed by atoms with Crippen molar-refractivity contribution in [3.8, 4) is 0 Å². The molecule has 1 aliphatic rings. The van der Waals surface area contributed by atoms with Gasteiger partial charge in [0, 0.05) is 37.1 Å². The molecule has 4 rings (SSSR count). The number of carbonyl (C=O) groups excluding carboxylic acids is 2. The van der Waals surface area contributed by atoms with E-state index in [1.165, 1.54) is 0 Å². The highest BCUT2D eigenvalue weighted by atomic mass is 16.2. The van der Waals surface area contributed by atoms with Crippen molar-refractivity contribution < 1.29 is 9.59 Å². The maximum atomic E-state index is 12.8. The highest BCUT2D eigenvalue weighted by Crippen LogP contribution is 2.21. The number of piperidine rings is 1. The fourth-order valence-electron chi connectivity index (χ4n) is 3.72. The molecule has 0 atom stereocenters. The number of aromatic nitrogens is 3. The van der Waals surface area contributed by atoms with Crippen molar-refractivity contribution in [2.45, 2.75) is 26.7 Å². The van der Waals surface area contributed by atoms with Crippen molar-refractivity contribution in [1.29, 1.82) is 0 Å². The monoisotopic (exact) mass is 391 g/mol. The molecule has 2 aromatic heterocycles. The molecule has 0 saturated carbocycles. The van der Waals surface area contributed by atoms with Crippen molar-refractivity contribution in [2.24, 2.45) is 13.0 Å². The van der Waals surface area contributed by atoms with E-state index >= 15 is 0 Å². The van der Waals surface area contributed by atoms with Gasteiger partial charge in [-0.25, -0.2) is 4.98 Å². The van der Waals surface area contributed by atoms with Gasteiger partial charge in [0.2, 0.25) is 0 Å². The van der Waals surface area contributed by atoms with Crippen molar-refractivity contribution in [3.63, 3.8) is 0 Å². The van der Waals surface area contributed by atoms with Gasteiger partial charge in [0.15, 0.2) is 5.65 Å². The zero-order valence-corrected chi connectivity index (χ0v) is 17.0. The van der Waals surface area contributed by atoms with Crippen molar-refractivity contribution in [1.82, 2.24) is 19.7 Å². The van der Waals surface area contributed by atoms with Gasteiger partial charge in [0.25, 0.3) is 11.8 Å². The van der Waals surface area contributed by atoms with Gasteiger partial charge in [-0.05, 0) is 56.0 Å². The van der Waals surface area contributed by atoms with E-state index < -0.39 is 0 Å². The molecular weight excluding hydrogens is 366 g/mol. The fraction of sp³-hybridized carbons (Fsp3) is 0.364. The SMILES string of the molecule is Cc1cc(C(=O)Nc2ccc(C(=O)N3CCC(C)CC3)cc2)c2cnn(C)c2n1. The average molecular weight is 391 g/mol. The van der Waals surface area contributed by atoms with Crippen LogP contribution < -0.4 is 5.32 Å². The van der Waals surface area contributed by atoms with Crippen LogP contribution in [0.3, 0.4) is 0 Å². The van der Waals surface area contributed by atoms with E-state index in [0.717, 1.165) is 31.6 Å². The standard InChI is InChI=1S/C22H25N5O2/c1-14-8-10-27(11-9-14)22(29)16-4-6-17(7-5-16)25-21(28)18-12-15(2)24-20-19(18)13-23-26(20)3/h4-7,12-14H,8-11H2,1-3H3,(H,25,28). The van der Waals surface area contributed by atoms with E-state index in [4.69, 9.17) is 0 Å². The number of amides is 2. The molecule has 1 aromatic carbocycles. The first-order chi connectivity index (χ1) is 13.9. The molecule has 1 N–H and O–H groups in total. The molecule has 0 bridgehead atoms. The molecule has 29 heavy (non-hydrogen) atoms. The Morgan fingerprint density at radius 2 is 1.83 bits per heavy atom. The summed E-state index contributed by atoms with van der Waals surface area (Å²) in [5.74, 6) is 0.508. The van der Waals surface area contributed by atoms with Crippen molar-refractivity contribution in [2.75, 3.05) is 18.4 Å². The zero-order chi connectivity index (χ0) is 20.5. The van der Waals surface area contributed by atoms with Gasteiger partial charge in [0.1, 0.15) is 0 Å². The zero-order valence-electron chi connectivity index (χ0n) is 17.0. The number of carbonyl (C=O) groups is 2. The van der Waals surface area contributed by atoms with Gasteiger partial charge in [-0.2, -0.15) is 5.10 Å². The lowest BCUT2D eigenvalue weighted by atomic mass is 9.98. The Morgan fingerprint density at radius 3 is 2.52 bits per heavy atom. The van der Waals surface area contributed by atoms with Gasteiger partial charge in [0.05, 0.1) is 17.1 Å². The number of hydrogen-bond acceptors (Lipinski definition) is 4. The molecule has 7 heteroatoms. The maximum absolute atomic E-state index is 12.8. The van der Waals surface area contributed by atoms with E-state index in [9.17, 15) is 9.59 Å². The van der Waals surface area contributed by atoms with E-state index in [1.807, 2.05) is 11.8 Å². The van der Waals surface area contributed by atoms with E-state index in [2.05, 4.69) is 22.3 Å². The van der Waals surface area contributed by atoms with Crippen molar-refractivity contribution >= 4 is 28.5 Å². The third-order valence-corrected chi connectivity index (χ3v) is 5.54. The Balaban J connectivity index is 1.49. The molecule has 1 fully saturated rings. The molecule has 3 heterocycles. The summed E-state index contributed by atoms with van der Waals surface area (Å²) in [6.07, 6.45) is 3.75. The predicted molar refractivity (Wildman–Crippen MR) is 112 cm³/mol. The Kier molecular flexibility index (Phi) is 5.05. The van der Waals surface area contributed by atoms with Crippen LogP contribution >= 0.6 is 0 Å². The van der Waals surface area contributed by atoms with Gasteiger partial charge in [-0.15, -0.1) is 0 Å². The molecule has 150 valence electrons. The minimum absolute atomic E-state index is 0.0524. The van der Waals surface area contributed by atoms with Crippen molar-refractivity contribution in [3.05, 3.63) is 53.3 Å². The number of benzene rings is 1. The minimum atomic E-state index is -0.224. The number of rotatable bonds is 3. The molecule has 3 aromatic rings. The summed E-state index contributed by atoms with van der Waals surface area (Å²) >= 11 is 0. The van der Waals surface area contributed by atoms with Crippen LogP contribution in [0.15, 0.2) is 36.5 Å². The molecule has 0 unspecified atom stereocenters. The maximum Gasteiger partial charge on any atom is 0.256 e. The smallest absolute Gasteiger partial charge is 0.256 e. The summed E-state index contributed by atoms with van der Waals surface area (Å²) in [5.41, 5.74) is 3.25. The Hall–Kier alpha value is -3.22. The molecule has 0 aliphatic carbocycles. The van der Waals surface area contributed by atoms with Crippen LogP contribution in [-0.4, -0.2) is 44.6 Å². The number of nitrogens with one attached hydrogen (secondary N) is 1. The molecular formula is C22H25N5O2. The molecule has 0 spiro atoms. The molecule has 0 radical (unpaired) electrons. The normalized spacial score (nSPS) is 14.9.